The summed E-state index contributed by atoms with van der Waals surface area (Å²) in [6, 6.07) is 0.186. The normalized spacial score (nSPS) is 24.9. The van der Waals surface area contributed by atoms with Gasteiger partial charge in [-0.1, -0.05) is 19.3 Å². The molecule has 2 aliphatic carbocycles. The molecule has 0 spiro atoms. The number of esters is 1. The first kappa shape index (κ1) is 18.7. The first-order valence-corrected chi connectivity index (χ1v) is 9.22. The topological polar surface area (TPSA) is 84.5 Å². The van der Waals surface area contributed by atoms with E-state index in [0.29, 0.717) is 12.3 Å². The van der Waals surface area contributed by atoms with E-state index in [9.17, 15) is 14.4 Å². The van der Waals surface area contributed by atoms with E-state index >= 15 is 0 Å². The third-order valence-electron chi connectivity index (χ3n) is 5.30. The predicted molar refractivity (Wildman–Crippen MR) is 90.1 cm³/mol. The molecule has 136 valence electrons. The van der Waals surface area contributed by atoms with Crippen LogP contribution in [0.3, 0.4) is 0 Å². The van der Waals surface area contributed by atoms with Gasteiger partial charge in [-0.2, -0.15) is 0 Å². The second kappa shape index (κ2) is 9.64. The summed E-state index contributed by atoms with van der Waals surface area (Å²) >= 11 is 0. The van der Waals surface area contributed by atoms with Crippen LogP contribution in [0.1, 0.15) is 64.2 Å². The third kappa shape index (κ3) is 6.13. The molecule has 2 rings (SSSR count). The second-order valence-corrected chi connectivity index (χ2v) is 7.12. The van der Waals surface area contributed by atoms with Crippen LogP contribution in [-0.4, -0.2) is 37.5 Å². The number of amides is 2. The molecule has 0 atom stereocenters. The van der Waals surface area contributed by atoms with Crippen molar-refractivity contribution in [2.75, 3.05) is 13.7 Å². The van der Waals surface area contributed by atoms with Crippen molar-refractivity contribution < 1.29 is 19.1 Å². The van der Waals surface area contributed by atoms with E-state index in [1.165, 1.54) is 39.2 Å². The molecular formula is C18H30N2O4. The number of carbonyl (C=O) groups is 3. The Labute approximate surface area is 144 Å². The molecule has 0 aromatic carbocycles. The van der Waals surface area contributed by atoms with Crippen LogP contribution in [0.4, 0.5) is 0 Å². The molecule has 0 heterocycles. The molecule has 2 fully saturated rings. The Kier molecular flexibility index (Phi) is 7.53. The van der Waals surface area contributed by atoms with E-state index in [4.69, 9.17) is 0 Å². The van der Waals surface area contributed by atoms with Crippen LogP contribution in [0.2, 0.25) is 0 Å². The van der Waals surface area contributed by atoms with E-state index in [-0.39, 0.29) is 30.3 Å². The molecule has 0 aliphatic heterocycles. The molecule has 0 radical (unpaired) electrons. The Bertz CT molecular complexity index is 438. The average Bonchev–Trinajstić information content (AvgIpc) is 2.60. The lowest BCUT2D eigenvalue weighted by Crippen LogP contribution is -2.42. The maximum Gasteiger partial charge on any atom is 0.325 e. The standard InChI is InChI=1S/C18H30N2O4/c1-24-17(22)12-19-18(23)14-7-9-15(10-8-14)20-16(21)11-13-5-3-2-4-6-13/h13-15H,2-12H2,1H3,(H,19,23)(H,20,21). The van der Waals surface area contributed by atoms with Crippen molar-refractivity contribution >= 4 is 17.8 Å². The molecule has 2 amide bonds. The Balaban J connectivity index is 1.63. The van der Waals surface area contributed by atoms with E-state index < -0.39 is 5.97 Å². The zero-order valence-electron chi connectivity index (χ0n) is 14.6. The molecule has 0 unspecified atom stereocenters. The van der Waals surface area contributed by atoms with E-state index in [2.05, 4.69) is 15.4 Å². The van der Waals surface area contributed by atoms with Crippen molar-refractivity contribution in [1.29, 1.82) is 0 Å². The fraction of sp³-hybridized carbons (Fsp3) is 0.833. The minimum atomic E-state index is -0.438. The SMILES string of the molecule is COC(=O)CNC(=O)C1CCC(NC(=O)CC2CCCCC2)CC1. The van der Waals surface area contributed by atoms with Crippen LogP contribution in [0.15, 0.2) is 0 Å². The highest BCUT2D eigenvalue weighted by molar-refractivity contribution is 5.83. The van der Waals surface area contributed by atoms with Crippen molar-refractivity contribution in [3.63, 3.8) is 0 Å². The summed E-state index contributed by atoms with van der Waals surface area (Å²) in [7, 11) is 1.30. The van der Waals surface area contributed by atoms with Crippen molar-refractivity contribution in [1.82, 2.24) is 10.6 Å². The summed E-state index contributed by atoms with van der Waals surface area (Å²) in [5.74, 6) is 0.125. The summed E-state index contributed by atoms with van der Waals surface area (Å²) < 4.78 is 4.51. The van der Waals surface area contributed by atoms with Gasteiger partial charge in [0.15, 0.2) is 0 Å². The lowest BCUT2D eigenvalue weighted by Gasteiger charge is -2.29. The predicted octanol–water partition coefficient (Wildman–Crippen LogP) is 1.92. The van der Waals surface area contributed by atoms with Gasteiger partial charge in [-0.05, 0) is 44.4 Å². The highest BCUT2D eigenvalue weighted by Gasteiger charge is 2.28. The van der Waals surface area contributed by atoms with E-state index in [0.717, 1.165) is 25.7 Å². The molecule has 2 aliphatic rings. The molecule has 24 heavy (non-hydrogen) atoms. The lowest BCUT2D eigenvalue weighted by molar-refractivity contribution is -0.141. The van der Waals surface area contributed by atoms with Gasteiger partial charge in [-0.3, -0.25) is 14.4 Å². The van der Waals surface area contributed by atoms with Gasteiger partial charge in [-0.15, -0.1) is 0 Å². The lowest BCUT2D eigenvalue weighted by atomic mass is 9.84. The number of rotatable bonds is 6. The highest BCUT2D eigenvalue weighted by Crippen LogP contribution is 2.27. The summed E-state index contributed by atoms with van der Waals surface area (Å²) in [6.45, 7) is -0.0760. The van der Waals surface area contributed by atoms with Gasteiger partial charge >= 0.3 is 5.97 Å². The van der Waals surface area contributed by atoms with Gasteiger partial charge in [0.2, 0.25) is 11.8 Å². The minimum absolute atomic E-state index is 0.0684. The van der Waals surface area contributed by atoms with Crippen molar-refractivity contribution in [3.05, 3.63) is 0 Å². The fourth-order valence-electron chi connectivity index (χ4n) is 3.82. The van der Waals surface area contributed by atoms with Gasteiger partial charge in [0.25, 0.3) is 0 Å². The number of methoxy groups -OCH3 is 1. The molecule has 0 aromatic rings. The monoisotopic (exact) mass is 338 g/mol. The van der Waals surface area contributed by atoms with Crippen LogP contribution in [0.5, 0.6) is 0 Å². The Morgan fingerprint density at radius 3 is 2.25 bits per heavy atom. The van der Waals surface area contributed by atoms with Crippen LogP contribution < -0.4 is 10.6 Å². The van der Waals surface area contributed by atoms with Crippen LogP contribution >= 0.6 is 0 Å². The summed E-state index contributed by atoms with van der Waals surface area (Å²) in [4.78, 5) is 35.2. The van der Waals surface area contributed by atoms with Crippen LogP contribution in [0.25, 0.3) is 0 Å². The van der Waals surface area contributed by atoms with Gasteiger partial charge in [-0.25, -0.2) is 0 Å². The maximum absolute atomic E-state index is 12.2. The fourth-order valence-corrected chi connectivity index (χ4v) is 3.82. The van der Waals surface area contributed by atoms with E-state index in [1.807, 2.05) is 0 Å². The number of nitrogens with one attached hydrogen (secondary N) is 2. The molecule has 6 heteroatoms. The number of carbonyl (C=O) groups excluding carboxylic acids is 3. The Morgan fingerprint density at radius 1 is 0.958 bits per heavy atom. The van der Waals surface area contributed by atoms with Gasteiger partial charge < -0.3 is 15.4 Å². The molecule has 6 nitrogen and oxygen atoms in total. The summed E-state index contributed by atoms with van der Waals surface area (Å²) in [5.41, 5.74) is 0. The minimum Gasteiger partial charge on any atom is -0.468 e. The summed E-state index contributed by atoms with van der Waals surface area (Å²) in [5, 5.41) is 5.75. The Morgan fingerprint density at radius 2 is 1.62 bits per heavy atom. The number of hydrogen-bond acceptors (Lipinski definition) is 4. The Hall–Kier alpha value is -1.59. The molecule has 0 bridgehead atoms. The molecule has 2 saturated carbocycles. The van der Waals surface area contributed by atoms with E-state index in [1.54, 1.807) is 0 Å². The molecule has 0 saturated heterocycles. The maximum atomic E-state index is 12.2. The zero-order chi connectivity index (χ0) is 17.4. The third-order valence-corrected chi connectivity index (χ3v) is 5.30. The van der Waals surface area contributed by atoms with Crippen molar-refractivity contribution in [3.8, 4) is 0 Å². The van der Waals surface area contributed by atoms with Crippen molar-refractivity contribution in [2.24, 2.45) is 11.8 Å². The number of ether oxygens (including phenoxy) is 1. The summed E-state index contributed by atoms with van der Waals surface area (Å²) in [6.07, 6.45) is 9.98. The highest BCUT2D eigenvalue weighted by atomic mass is 16.5. The second-order valence-electron chi connectivity index (χ2n) is 7.12. The molecular weight excluding hydrogens is 308 g/mol. The van der Waals surface area contributed by atoms with Gasteiger partial charge in [0.05, 0.1) is 7.11 Å². The average molecular weight is 338 g/mol. The van der Waals surface area contributed by atoms with Gasteiger partial charge in [0, 0.05) is 18.4 Å². The largest absolute Gasteiger partial charge is 0.468 e. The smallest absolute Gasteiger partial charge is 0.325 e. The van der Waals surface area contributed by atoms with Gasteiger partial charge in [0.1, 0.15) is 6.54 Å². The number of hydrogen-bond donors (Lipinski definition) is 2. The first-order chi connectivity index (χ1) is 11.6. The first-order valence-electron chi connectivity index (χ1n) is 9.22. The zero-order valence-corrected chi connectivity index (χ0v) is 14.6. The van der Waals surface area contributed by atoms with Crippen molar-refractivity contribution in [2.45, 2.75) is 70.3 Å². The molecule has 0 aromatic heterocycles. The quantitative estimate of drug-likeness (QED) is 0.725. The molecule has 2 N–H and O–H groups in total. The van der Waals surface area contributed by atoms with Crippen LogP contribution in [-0.2, 0) is 19.1 Å². The van der Waals surface area contributed by atoms with Crippen LogP contribution in [0, 0.1) is 11.8 Å².